The van der Waals surface area contributed by atoms with Gasteiger partial charge in [0.1, 0.15) is 11.6 Å². The van der Waals surface area contributed by atoms with E-state index in [9.17, 15) is 14.0 Å². The molecule has 1 atom stereocenters. The van der Waals surface area contributed by atoms with Crippen LogP contribution in [0.1, 0.15) is 36.9 Å². The number of benzene rings is 1. The van der Waals surface area contributed by atoms with E-state index in [0.717, 1.165) is 24.5 Å². The number of halogens is 1. The van der Waals surface area contributed by atoms with Crippen molar-refractivity contribution in [3.63, 3.8) is 0 Å². The molecule has 1 aliphatic rings. The number of urea groups is 1. The van der Waals surface area contributed by atoms with Gasteiger partial charge in [0.25, 0.3) is 0 Å². The van der Waals surface area contributed by atoms with Gasteiger partial charge < -0.3 is 20.4 Å². The summed E-state index contributed by atoms with van der Waals surface area (Å²) in [7, 11) is 0. The maximum atomic E-state index is 13.8. The molecule has 1 fully saturated rings. The number of nitrogens with one attached hydrogen (secondary N) is 2. The Kier molecular flexibility index (Phi) is 7.81. The van der Waals surface area contributed by atoms with E-state index in [1.165, 1.54) is 6.07 Å². The van der Waals surface area contributed by atoms with Crippen LogP contribution in [0.15, 0.2) is 42.6 Å². The summed E-state index contributed by atoms with van der Waals surface area (Å²) in [5, 5.41) is 5.59. The van der Waals surface area contributed by atoms with Gasteiger partial charge in [-0.25, -0.2) is 14.2 Å². The molecule has 0 radical (unpaired) electrons. The van der Waals surface area contributed by atoms with Crippen LogP contribution in [0.5, 0.6) is 0 Å². The zero-order valence-corrected chi connectivity index (χ0v) is 18.1. The van der Waals surface area contributed by atoms with Gasteiger partial charge in [-0.1, -0.05) is 25.1 Å². The maximum absolute atomic E-state index is 13.8. The third kappa shape index (κ3) is 6.16. The second kappa shape index (κ2) is 10.7. The first-order chi connectivity index (χ1) is 15.0. The largest absolute Gasteiger partial charge is 0.353 e. The van der Waals surface area contributed by atoms with Crippen molar-refractivity contribution in [1.29, 1.82) is 0 Å². The Morgan fingerprint density at radius 3 is 2.58 bits per heavy atom. The molecule has 0 spiro atoms. The van der Waals surface area contributed by atoms with Gasteiger partial charge in [-0.15, -0.1) is 0 Å². The molecule has 1 saturated heterocycles. The SMILES string of the molecule is CC[C@H](NC(=O)NCCC(=O)N1CCN(c2ccccn2)CC1)c1ccc(C)c(F)c1. The van der Waals surface area contributed by atoms with E-state index in [0.29, 0.717) is 25.1 Å². The number of hydrogen-bond donors (Lipinski definition) is 2. The van der Waals surface area contributed by atoms with E-state index >= 15 is 0 Å². The molecular weight excluding hydrogens is 397 g/mol. The van der Waals surface area contributed by atoms with Gasteiger partial charge in [-0.05, 0) is 42.7 Å². The normalized spacial score (nSPS) is 14.8. The molecule has 2 heterocycles. The Balaban J connectivity index is 1.39. The fourth-order valence-corrected chi connectivity index (χ4v) is 3.62. The van der Waals surface area contributed by atoms with E-state index < -0.39 is 0 Å². The number of pyridine rings is 1. The smallest absolute Gasteiger partial charge is 0.315 e. The zero-order chi connectivity index (χ0) is 22.2. The zero-order valence-electron chi connectivity index (χ0n) is 18.1. The number of anilines is 1. The first-order valence-corrected chi connectivity index (χ1v) is 10.7. The van der Waals surface area contributed by atoms with E-state index in [1.807, 2.05) is 36.1 Å². The van der Waals surface area contributed by atoms with Crippen LogP contribution in [-0.4, -0.2) is 54.5 Å². The summed E-state index contributed by atoms with van der Waals surface area (Å²) in [5.41, 5.74) is 1.30. The van der Waals surface area contributed by atoms with Gasteiger partial charge in [0.05, 0.1) is 6.04 Å². The van der Waals surface area contributed by atoms with Crippen LogP contribution < -0.4 is 15.5 Å². The third-order valence-corrected chi connectivity index (χ3v) is 5.54. The highest BCUT2D eigenvalue weighted by Gasteiger charge is 2.21. The van der Waals surface area contributed by atoms with Crippen LogP contribution in [0.4, 0.5) is 15.0 Å². The number of aryl methyl sites for hydroxylation is 1. The van der Waals surface area contributed by atoms with Crippen molar-refractivity contribution in [2.24, 2.45) is 0 Å². The first-order valence-electron chi connectivity index (χ1n) is 10.7. The Morgan fingerprint density at radius 1 is 1.16 bits per heavy atom. The maximum Gasteiger partial charge on any atom is 0.315 e. The van der Waals surface area contributed by atoms with Crippen LogP contribution in [0.3, 0.4) is 0 Å². The van der Waals surface area contributed by atoms with Crippen LogP contribution >= 0.6 is 0 Å². The number of aromatic nitrogens is 1. The number of amides is 3. The number of hydrogen-bond acceptors (Lipinski definition) is 4. The molecule has 1 aliphatic heterocycles. The summed E-state index contributed by atoms with van der Waals surface area (Å²) in [6, 6.07) is 10.1. The highest BCUT2D eigenvalue weighted by Crippen LogP contribution is 2.19. The van der Waals surface area contributed by atoms with Gasteiger partial charge in [0.2, 0.25) is 5.91 Å². The predicted molar refractivity (Wildman–Crippen MR) is 118 cm³/mol. The summed E-state index contributed by atoms with van der Waals surface area (Å²) in [4.78, 5) is 33.0. The summed E-state index contributed by atoms with van der Waals surface area (Å²) < 4.78 is 13.8. The molecule has 2 aromatic rings. The van der Waals surface area contributed by atoms with Crippen LogP contribution in [-0.2, 0) is 4.79 Å². The second-order valence-corrected chi connectivity index (χ2v) is 7.68. The Morgan fingerprint density at radius 2 is 1.94 bits per heavy atom. The number of carbonyl (C=O) groups is 2. The van der Waals surface area contributed by atoms with Crippen molar-refractivity contribution in [2.75, 3.05) is 37.6 Å². The van der Waals surface area contributed by atoms with Crippen molar-refractivity contribution >= 4 is 17.8 Å². The van der Waals surface area contributed by atoms with E-state index in [4.69, 9.17) is 0 Å². The molecule has 166 valence electrons. The minimum Gasteiger partial charge on any atom is -0.353 e. The van der Waals surface area contributed by atoms with Gasteiger partial charge in [-0.2, -0.15) is 0 Å². The highest BCUT2D eigenvalue weighted by molar-refractivity contribution is 5.78. The molecule has 0 saturated carbocycles. The fourth-order valence-electron chi connectivity index (χ4n) is 3.62. The standard InChI is InChI=1S/C23H30FN5O2/c1-3-20(18-8-7-17(2)19(24)16-18)27-23(31)26-11-9-22(30)29-14-12-28(13-15-29)21-6-4-5-10-25-21/h4-8,10,16,20H,3,9,11-15H2,1-2H3,(H2,26,27,31)/t20-/m0/s1. The highest BCUT2D eigenvalue weighted by atomic mass is 19.1. The molecule has 0 aliphatic carbocycles. The van der Waals surface area contributed by atoms with Gasteiger partial charge in [0.15, 0.2) is 0 Å². The Hall–Kier alpha value is -3.16. The van der Waals surface area contributed by atoms with Crippen LogP contribution in [0.25, 0.3) is 0 Å². The number of piperazine rings is 1. The van der Waals surface area contributed by atoms with Crippen LogP contribution in [0, 0.1) is 12.7 Å². The minimum atomic E-state index is -0.361. The molecule has 31 heavy (non-hydrogen) atoms. The van der Waals surface area contributed by atoms with Crippen molar-refractivity contribution in [3.8, 4) is 0 Å². The summed E-state index contributed by atoms with van der Waals surface area (Å²) in [6.07, 6.45) is 2.64. The van der Waals surface area contributed by atoms with Gasteiger partial charge in [-0.3, -0.25) is 4.79 Å². The molecule has 0 bridgehead atoms. The van der Waals surface area contributed by atoms with Crippen LogP contribution in [0.2, 0.25) is 0 Å². The molecule has 0 unspecified atom stereocenters. The van der Waals surface area contributed by atoms with Crippen molar-refractivity contribution < 1.29 is 14.0 Å². The lowest BCUT2D eigenvalue weighted by molar-refractivity contribution is -0.131. The second-order valence-electron chi connectivity index (χ2n) is 7.68. The molecule has 1 aromatic heterocycles. The molecular formula is C23H30FN5O2. The van der Waals surface area contributed by atoms with Gasteiger partial charge in [0, 0.05) is 45.3 Å². The van der Waals surface area contributed by atoms with E-state index in [1.54, 1.807) is 19.2 Å². The summed E-state index contributed by atoms with van der Waals surface area (Å²) in [6.45, 7) is 6.64. The molecule has 1 aromatic carbocycles. The molecule has 3 amide bonds. The molecule has 2 N–H and O–H groups in total. The minimum absolute atomic E-state index is 0.0219. The third-order valence-electron chi connectivity index (χ3n) is 5.54. The predicted octanol–water partition coefficient (Wildman–Crippen LogP) is 3.02. The number of carbonyl (C=O) groups excluding carboxylic acids is 2. The first kappa shape index (κ1) is 22.5. The molecule has 3 rings (SSSR count). The topological polar surface area (TPSA) is 77.6 Å². The Labute approximate surface area is 182 Å². The quantitative estimate of drug-likeness (QED) is 0.712. The summed E-state index contributed by atoms with van der Waals surface area (Å²) >= 11 is 0. The number of rotatable bonds is 7. The number of nitrogens with zero attached hydrogens (tertiary/aromatic N) is 3. The fraction of sp³-hybridized carbons (Fsp3) is 0.435. The average Bonchev–Trinajstić information content (AvgIpc) is 2.80. The van der Waals surface area contributed by atoms with Crippen molar-refractivity contribution in [1.82, 2.24) is 20.5 Å². The van der Waals surface area contributed by atoms with Crippen molar-refractivity contribution in [2.45, 2.75) is 32.7 Å². The lowest BCUT2D eigenvalue weighted by atomic mass is 10.0. The van der Waals surface area contributed by atoms with E-state index in [-0.39, 0.29) is 36.8 Å². The lowest BCUT2D eigenvalue weighted by Crippen LogP contribution is -2.49. The molecule has 8 heteroatoms. The molecule has 7 nitrogen and oxygen atoms in total. The monoisotopic (exact) mass is 427 g/mol. The van der Waals surface area contributed by atoms with Gasteiger partial charge >= 0.3 is 6.03 Å². The van der Waals surface area contributed by atoms with Crippen molar-refractivity contribution in [3.05, 3.63) is 59.5 Å². The Bertz CT molecular complexity index is 885. The summed E-state index contributed by atoms with van der Waals surface area (Å²) in [5.74, 6) is 0.660. The lowest BCUT2D eigenvalue weighted by Gasteiger charge is -2.35. The van der Waals surface area contributed by atoms with E-state index in [2.05, 4.69) is 20.5 Å². The average molecular weight is 428 g/mol.